The average Bonchev–Trinajstić information content (AvgIpc) is 2.79. The topological polar surface area (TPSA) is 81.8 Å². The van der Waals surface area contributed by atoms with Gasteiger partial charge in [0, 0.05) is 50.9 Å². The van der Waals surface area contributed by atoms with Gasteiger partial charge in [-0.3, -0.25) is 14.4 Å². The van der Waals surface area contributed by atoms with Crippen LogP contribution in [0.2, 0.25) is 0 Å². The van der Waals surface area contributed by atoms with Crippen LogP contribution in [0.15, 0.2) is 54.6 Å². The number of carbonyl (C=O) groups excluding carboxylic acids is 3. The van der Waals surface area contributed by atoms with E-state index >= 15 is 0 Å². The Morgan fingerprint density at radius 3 is 2.45 bits per heavy atom. The molecule has 0 radical (unpaired) electrons. The predicted octanol–water partition coefficient (Wildman–Crippen LogP) is 2.32. The zero-order chi connectivity index (χ0) is 22.2. The second-order valence-electron chi connectivity index (χ2n) is 7.89. The molecule has 1 unspecified atom stereocenters. The lowest BCUT2D eigenvalue weighted by molar-refractivity contribution is -0.132. The lowest BCUT2D eigenvalue weighted by Gasteiger charge is -2.31. The molecule has 2 N–H and O–H groups in total. The zero-order valence-corrected chi connectivity index (χ0v) is 18.1. The van der Waals surface area contributed by atoms with Crippen molar-refractivity contribution in [2.75, 3.05) is 44.6 Å². The van der Waals surface area contributed by atoms with Gasteiger partial charge in [0.2, 0.25) is 11.8 Å². The summed E-state index contributed by atoms with van der Waals surface area (Å²) in [5.41, 5.74) is 2.12. The molecule has 1 aliphatic rings. The van der Waals surface area contributed by atoms with Crippen molar-refractivity contribution >= 4 is 23.4 Å². The number of nitrogens with one attached hydrogen (secondary N) is 2. The fourth-order valence-electron chi connectivity index (χ4n) is 3.73. The van der Waals surface area contributed by atoms with Crippen molar-refractivity contribution in [3.8, 4) is 0 Å². The van der Waals surface area contributed by atoms with Gasteiger partial charge in [-0.25, -0.2) is 0 Å². The molecule has 1 aliphatic heterocycles. The largest absolute Gasteiger partial charge is 0.339 e. The van der Waals surface area contributed by atoms with Crippen molar-refractivity contribution in [2.24, 2.45) is 0 Å². The van der Waals surface area contributed by atoms with E-state index in [0.717, 1.165) is 18.7 Å². The first-order chi connectivity index (χ1) is 14.9. The summed E-state index contributed by atoms with van der Waals surface area (Å²) in [7, 11) is 0. The van der Waals surface area contributed by atoms with E-state index in [1.165, 1.54) is 6.92 Å². The number of nitrogens with zero attached hydrogens (tertiary/aromatic N) is 2. The number of anilines is 1. The van der Waals surface area contributed by atoms with Crippen molar-refractivity contribution in [2.45, 2.75) is 19.8 Å². The Morgan fingerprint density at radius 2 is 1.77 bits per heavy atom. The van der Waals surface area contributed by atoms with Gasteiger partial charge in [0.05, 0.1) is 0 Å². The molecule has 0 aliphatic carbocycles. The standard InChI is InChI=1S/C24H30N4O3/c1-18(20-7-4-3-5-8-20)16-28(17-23(30)27-13-11-25-12-14-27)24(31)21-9-6-10-22(15-21)26-19(2)29/h3-10,15,18,25H,11-14,16-17H2,1-2H3,(H,26,29). The van der Waals surface area contributed by atoms with E-state index in [1.807, 2.05) is 30.3 Å². The van der Waals surface area contributed by atoms with Crippen LogP contribution in [-0.4, -0.2) is 66.8 Å². The highest BCUT2D eigenvalue weighted by molar-refractivity contribution is 5.98. The maximum atomic E-state index is 13.4. The second kappa shape index (κ2) is 10.7. The number of carbonyl (C=O) groups is 3. The third-order valence-corrected chi connectivity index (χ3v) is 5.38. The summed E-state index contributed by atoms with van der Waals surface area (Å²) in [4.78, 5) is 41.1. The van der Waals surface area contributed by atoms with Crippen LogP contribution in [0.3, 0.4) is 0 Å². The van der Waals surface area contributed by atoms with Gasteiger partial charge in [-0.15, -0.1) is 0 Å². The quantitative estimate of drug-likeness (QED) is 0.718. The molecule has 7 nitrogen and oxygen atoms in total. The lowest BCUT2D eigenvalue weighted by atomic mass is 10.00. The summed E-state index contributed by atoms with van der Waals surface area (Å²) in [5, 5.41) is 5.94. The summed E-state index contributed by atoms with van der Waals surface area (Å²) in [6, 6.07) is 16.8. The van der Waals surface area contributed by atoms with Crippen LogP contribution < -0.4 is 10.6 Å². The highest BCUT2D eigenvalue weighted by Crippen LogP contribution is 2.19. The molecule has 2 aromatic rings. The first-order valence-electron chi connectivity index (χ1n) is 10.6. The fourth-order valence-corrected chi connectivity index (χ4v) is 3.73. The van der Waals surface area contributed by atoms with Crippen LogP contribution in [0.1, 0.15) is 35.7 Å². The van der Waals surface area contributed by atoms with E-state index in [9.17, 15) is 14.4 Å². The van der Waals surface area contributed by atoms with Crippen molar-refractivity contribution in [1.82, 2.24) is 15.1 Å². The first kappa shape index (κ1) is 22.5. The van der Waals surface area contributed by atoms with Crippen LogP contribution in [0.4, 0.5) is 5.69 Å². The molecule has 1 fully saturated rings. The molecule has 0 saturated carbocycles. The van der Waals surface area contributed by atoms with Crippen molar-refractivity contribution in [1.29, 1.82) is 0 Å². The minimum absolute atomic E-state index is 0.0281. The zero-order valence-electron chi connectivity index (χ0n) is 18.1. The SMILES string of the molecule is CC(=O)Nc1cccc(C(=O)N(CC(=O)N2CCNCC2)CC(C)c2ccccc2)c1. The fraction of sp³-hybridized carbons (Fsp3) is 0.375. The van der Waals surface area contributed by atoms with Gasteiger partial charge in [-0.05, 0) is 29.7 Å². The molecule has 7 heteroatoms. The molecule has 0 spiro atoms. The molecule has 31 heavy (non-hydrogen) atoms. The molecular weight excluding hydrogens is 392 g/mol. The van der Waals surface area contributed by atoms with E-state index in [-0.39, 0.29) is 30.2 Å². The Kier molecular flexibility index (Phi) is 7.78. The van der Waals surface area contributed by atoms with Crippen molar-refractivity contribution in [3.63, 3.8) is 0 Å². The molecule has 2 aromatic carbocycles. The Balaban J connectivity index is 1.80. The maximum absolute atomic E-state index is 13.4. The molecule has 3 rings (SSSR count). The predicted molar refractivity (Wildman–Crippen MR) is 121 cm³/mol. The number of hydrogen-bond donors (Lipinski definition) is 2. The summed E-state index contributed by atoms with van der Waals surface area (Å²) < 4.78 is 0. The highest BCUT2D eigenvalue weighted by atomic mass is 16.2. The van der Waals surface area contributed by atoms with E-state index in [0.29, 0.717) is 30.9 Å². The van der Waals surface area contributed by atoms with Gasteiger partial charge in [-0.2, -0.15) is 0 Å². The van der Waals surface area contributed by atoms with Crippen LogP contribution in [0.25, 0.3) is 0 Å². The molecule has 1 saturated heterocycles. The van der Waals surface area contributed by atoms with Gasteiger partial charge in [0.1, 0.15) is 6.54 Å². The summed E-state index contributed by atoms with van der Waals surface area (Å²) >= 11 is 0. The van der Waals surface area contributed by atoms with Crippen LogP contribution in [0, 0.1) is 0 Å². The average molecular weight is 423 g/mol. The Bertz CT molecular complexity index is 910. The van der Waals surface area contributed by atoms with E-state index in [4.69, 9.17) is 0 Å². The smallest absolute Gasteiger partial charge is 0.254 e. The van der Waals surface area contributed by atoms with E-state index in [1.54, 1.807) is 34.1 Å². The Labute approximate surface area is 183 Å². The molecule has 1 heterocycles. The third-order valence-electron chi connectivity index (χ3n) is 5.38. The molecular formula is C24H30N4O3. The molecule has 164 valence electrons. The Morgan fingerprint density at radius 1 is 1.06 bits per heavy atom. The minimum atomic E-state index is -0.224. The summed E-state index contributed by atoms with van der Waals surface area (Å²) in [5.74, 6) is -0.404. The molecule has 0 bridgehead atoms. The van der Waals surface area contributed by atoms with Gasteiger partial charge < -0.3 is 20.4 Å². The maximum Gasteiger partial charge on any atom is 0.254 e. The number of rotatable bonds is 7. The van der Waals surface area contributed by atoms with Crippen LogP contribution in [-0.2, 0) is 9.59 Å². The molecule has 0 aromatic heterocycles. The highest BCUT2D eigenvalue weighted by Gasteiger charge is 2.25. The van der Waals surface area contributed by atoms with Gasteiger partial charge in [0.15, 0.2) is 0 Å². The van der Waals surface area contributed by atoms with E-state index in [2.05, 4.69) is 17.6 Å². The number of hydrogen-bond acceptors (Lipinski definition) is 4. The van der Waals surface area contributed by atoms with Crippen molar-refractivity contribution in [3.05, 3.63) is 65.7 Å². The summed E-state index contributed by atoms with van der Waals surface area (Å²) in [6.07, 6.45) is 0. The normalized spacial score (nSPS) is 14.6. The van der Waals surface area contributed by atoms with Crippen LogP contribution in [0.5, 0.6) is 0 Å². The lowest BCUT2D eigenvalue weighted by Crippen LogP contribution is -2.50. The molecule has 1 atom stereocenters. The molecule has 3 amide bonds. The Hall–Kier alpha value is -3.19. The van der Waals surface area contributed by atoms with Crippen molar-refractivity contribution < 1.29 is 14.4 Å². The first-order valence-corrected chi connectivity index (χ1v) is 10.6. The number of benzene rings is 2. The summed E-state index contributed by atoms with van der Waals surface area (Å²) in [6.45, 7) is 6.75. The minimum Gasteiger partial charge on any atom is -0.339 e. The van der Waals surface area contributed by atoms with Gasteiger partial charge >= 0.3 is 0 Å². The van der Waals surface area contributed by atoms with Gasteiger partial charge in [-0.1, -0.05) is 43.3 Å². The third kappa shape index (κ3) is 6.39. The van der Waals surface area contributed by atoms with E-state index < -0.39 is 0 Å². The number of piperazine rings is 1. The number of amides is 3. The monoisotopic (exact) mass is 422 g/mol. The van der Waals surface area contributed by atoms with Crippen LogP contribution >= 0.6 is 0 Å². The second-order valence-corrected chi connectivity index (χ2v) is 7.89. The van der Waals surface area contributed by atoms with Gasteiger partial charge in [0.25, 0.3) is 5.91 Å².